The summed E-state index contributed by atoms with van der Waals surface area (Å²) in [4.78, 5) is 11.2. The van der Waals surface area contributed by atoms with Gasteiger partial charge in [-0.25, -0.2) is 0 Å². The average molecular weight is 218 g/mol. The Kier molecular flexibility index (Phi) is 9.46. The molecular weight excluding hydrogens is 196 g/mol. The van der Waals surface area contributed by atoms with E-state index in [2.05, 4.69) is 10.6 Å². The molecule has 0 saturated carbocycles. The van der Waals surface area contributed by atoms with Crippen LogP contribution in [0.5, 0.6) is 0 Å². The van der Waals surface area contributed by atoms with Crippen molar-refractivity contribution in [3.05, 3.63) is 0 Å². The summed E-state index contributed by atoms with van der Waals surface area (Å²) in [5, 5.41) is 5.89. The molecule has 0 radical (unpaired) electrons. The highest BCUT2D eigenvalue weighted by atomic mass is 16.7. The van der Waals surface area contributed by atoms with Gasteiger partial charge in [0, 0.05) is 40.3 Å². The van der Waals surface area contributed by atoms with Crippen LogP contribution in [-0.4, -0.2) is 46.1 Å². The molecule has 0 saturated heterocycles. The van der Waals surface area contributed by atoms with Crippen LogP contribution in [0.25, 0.3) is 0 Å². The molecule has 0 fully saturated rings. The minimum Gasteiger partial charge on any atom is -0.356 e. The van der Waals surface area contributed by atoms with Crippen LogP contribution in [-0.2, 0) is 14.3 Å². The number of rotatable bonds is 9. The van der Waals surface area contributed by atoms with Gasteiger partial charge in [0.1, 0.15) is 0 Å². The predicted octanol–water partition coefficient (Wildman–Crippen LogP) is 0.111. The third-order valence-corrected chi connectivity index (χ3v) is 1.94. The average Bonchev–Trinajstić information content (AvgIpc) is 2.26. The Bertz CT molecular complexity index is 161. The van der Waals surface area contributed by atoms with E-state index in [-0.39, 0.29) is 12.2 Å². The van der Waals surface area contributed by atoms with Crippen molar-refractivity contribution in [1.29, 1.82) is 0 Å². The summed E-state index contributed by atoms with van der Waals surface area (Å²) in [6.07, 6.45) is 1.21. The van der Waals surface area contributed by atoms with E-state index in [0.29, 0.717) is 19.5 Å². The second-order valence-electron chi connectivity index (χ2n) is 3.21. The van der Waals surface area contributed by atoms with E-state index in [9.17, 15) is 4.79 Å². The Hall–Kier alpha value is -0.650. The summed E-state index contributed by atoms with van der Waals surface area (Å²) in [7, 11) is 3.17. The standard InChI is InChI=1S/C10H22N2O3/c1-4-6-12-9(13)5-7-11-8-10(14-2)15-3/h10-11H,4-8H2,1-3H3,(H,12,13). The van der Waals surface area contributed by atoms with Crippen LogP contribution in [0.4, 0.5) is 0 Å². The molecule has 0 bridgehead atoms. The Labute approximate surface area is 91.5 Å². The van der Waals surface area contributed by atoms with Crippen molar-refractivity contribution in [2.75, 3.05) is 33.9 Å². The lowest BCUT2D eigenvalue weighted by atomic mass is 10.3. The summed E-state index contributed by atoms with van der Waals surface area (Å²) in [5.41, 5.74) is 0. The molecule has 0 aromatic rings. The van der Waals surface area contributed by atoms with E-state index < -0.39 is 0 Å². The molecule has 0 aromatic heterocycles. The van der Waals surface area contributed by atoms with E-state index in [4.69, 9.17) is 9.47 Å². The SMILES string of the molecule is CCCNC(=O)CCNCC(OC)OC. The van der Waals surface area contributed by atoms with E-state index in [1.807, 2.05) is 6.92 Å². The molecule has 90 valence electrons. The normalized spacial score (nSPS) is 10.7. The molecule has 0 aliphatic carbocycles. The zero-order valence-electron chi connectivity index (χ0n) is 9.84. The molecule has 0 unspecified atom stereocenters. The lowest BCUT2D eigenvalue weighted by Gasteiger charge is -2.13. The van der Waals surface area contributed by atoms with Gasteiger partial charge in [0.15, 0.2) is 6.29 Å². The second-order valence-corrected chi connectivity index (χ2v) is 3.21. The van der Waals surface area contributed by atoms with Crippen molar-refractivity contribution in [3.63, 3.8) is 0 Å². The van der Waals surface area contributed by atoms with Gasteiger partial charge in [-0.15, -0.1) is 0 Å². The number of carbonyl (C=O) groups excluding carboxylic acids is 1. The lowest BCUT2D eigenvalue weighted by Crippen LogP contribution is -2.33. The summed E-state index contributed by atoms with van der Waals surface area (Å²) in [6, 6.07) is 0. The van der Waals surface area contributed by atoms with Crippen LogP contribution in [0.15, 0.2) is 0 Å². The highest BCUT2D eigenvalue weighted by molar-refractivity contribution is 5.75. The van der Waals surface area contributed by atoms with Crippen molar-refractivity contribution < 1.29 is 14.3 Å². The van der Waals surface area contributed by atoms with Crippen LogP contribution >= 0.6 is 0 Å². The largest absolute Gasteiger partial charge is 0.356 e. The summed E-state index contributed by atoms with van der Waals surface area (Å²) in [6.45, 7) is 4.00. The monoisotopic (exact) mass is 218 g/mol. The van der Waals surface area contributed by atoms with E-state index in [1.165, 1.54) is 0 Å². The molecule has 0 aliphatic heterocycles. The molecule has 0 aliphatic rings. The lowest BCUT2D eigenvalue weighted by molar-refractivity contribution is -0.121. The van der Waals surface area contributed by atoms with Crippen LogP contribution in [0.1, 0.15) is 19.8 Å². The third kappa shape index (κ3) is 8.35. The molecule has 0 aromatic carbocycles. The topological polar surface area (TPSA) is 59.6 Å². The number of methoxy groups -OCH3 is 2. The number of ether oxygens (including phenoxy) is 2. The molecule has 5 heteroatoms. The van der Waals surface area contributed by atoms with Crippen LogP contribution in [0.3, 0.4) is 0 Å². The van der Waals surface area contributed by atoms with Crippen molar-refractivity contribution >= 4 is 5.91 Å². The van der Waals surface area contributed by atoms with Gasteiger partial charge in [-0.2, -0.15) is 0 Å². The Morgan fingerprint density at radius 3 is 2.47 bits per heavy atom. The van der Waals surface area contributed by atoms with Crippen LogP contribution in [0, 0.1) is 0 Å². The molecule has 0 spiro atoms. The predicted molar refractivity (Wildman–Crippen MR) is 58.6 cm³/mol. The summed E-state index contributed by atoms with van der Waals surface area (Å²) in [5.74, 6) is 0.0794. The molecule has 5 nitrogen and oxygen atoms in total. The second kappa shape index (κ2) is 9.89. The van der Waals surface area contributed by atoms with E-state index in [0.717, 1.165) is 13.0 Å². The molecular formula is C10H22N2O3. The Balaban J connectivity index is 3.33. The van der Waals surface area contributed by atoms with Gasteiger partial charge in [0.05, 0.1) is 0 Å². The Morgan fingerprint density at radius 2 is 1.93 bits per heavy atom. The minimum atomic E-state index is -0.247. The van der Waals surface area contributed by atoms with E-state index in [1.54, 1.807) is 14.2 Å². The summed E-state index contributed by atoms with van der Waals surface area (Å²) >= 11 is 0. The number of carbonyl (C=O) groups is 1. The van der Waals surface area contributed by atoms with Crippen molar-refractivity contribution in [2.45, 2.75) is 26.1 Å². The zero-order valence-corrected chi connectivity index (χ0v) is 9.84. The van der Waals surface area contributed by atoms with Gasteiger partial charge in [-0.05, 0) is 6.42 Å². The maximum atomic E-state index is 11.2. The highest BCUT2D eigenvalue weighted by Gasteiger charge is 2.04. The first kappa shape index (κ1) is 14.3. The first-order valence-electron chi connectivity index (χ1n) is 5.27. The van der Waals surface area contributed by atoms with Gasteiger partial charge in [0.25, 0.3) is 0 Å². The first-order valence-corrected chi connectivity index (χ1v) is 5.27. The molecule has 15 heavy (non-hydrogen) atoms. The molecule has 0 rings (SSSR count). The van der Waals surface area contributed by atoms with Gasteiger partial charge in [0.2, 0.25) is 5.91 Å². The fourth-order valence-electron chi connectivity index (χ4n) is 1.04. The van der Waals surface area contributed by atoms with Crippen molar-refractivity contribution in [1.82, 2.24) is 10.6 Å². The Morgan fingerprint density at radius 1 is 1.27 bits per heavy atom. The van der Waals surface area contributed by atoms with Crippen molar-refractivity contribution in [3.8, 4) is 0 Å². The van der Waals surface area contributed by atoms with Crippen LogP contribution < -0.4 is 10.6 Å². The molecule has 0 heterocycles. The smallest absolute Gasteiger partial charge is 0.221 e. The van der Waals surface area contributed by atoms with Crippen LogP contribution in [0.2, 0.25) is 0 Å². The van der Waals surface area contributed by atoms with E-state index >= 15 is 0 Å². The number of hydrogen-bond donors (Lipinski definition) is 2. The van der Waals surface area contributed by atoms with Gasteiger partial charge < -0.3 is 20.1 Å². The quantitative estimate of drug-likeness (QED) is 0.426. The highest BCUT2D eigenvalue weighted by Crippen LogP contribution is 1.87. The van der Waals surface area contributed by atoms with Crippen molar-refractivity contribution in [2.24, 2.45) is 0 Å². The zero-order chi connectivity index (χ0) is 11.5. The number of nitrogens with one attached hydrogen (secondary N) is 2. The van der Waals surface area contributed by atoms with Gasteiger partial charge in [-0.1, -0.05) is 6.92 Å². The fourth-order valence-corrected chi connectivity index (χ4v) is 1.04. The molecule has 1 amide bonds. The summed E-state index contributed by atoms with van der Waals surface area (Å²) < 4.78 is 9.97. The maximum absolute atomic E-state index is 11.2. The number of hydrogen-bond acceptors (Lipinski definition) is 4. The molecule has 2 N–H and O–H groups in total. The first-order chi connectivity index (χ1) is 7.24. The van der Waals surface area contributed by atoms with Gasteiger partial charge >= 0.3 is 0 Å². The minimum absolute atomic E-state index is 0.0794. The third-order valence-electron chi connectivity index (χ3n) is 1.94. The fraction of sp³-hybridized carbons (Fsp3) is 0.900. The number of amides is 1. The maximum Gasteiger partial charge on any atom is 0.221 e. The van der Waals surface area contributed by atoms with Gasteiger partial charge in [-0.3, -0.25) is 4.79 Å². The molecule has 0 atom stereocenters.